The first-order valence-corrected chi connectivity index (χ1v) is 22.8. The number of benzene rings is 2. The lowest BCUT2D eigenvalue weighted by molar-refractivity contribution is -0.150. The summed E-state index contributed by atoms with van der Waals surface area (Å²) in [7, 11) is 1.14. The van der Waals surface area contributed by atoms with Gasteiger partial charge in [-0.3, -0.25) is 33.9 Å². The maximum atomic E-state index is 14.2. The van der Waals surface area contributed by atoms with E-state index in [2.05, 4.69) is 36.5 Å². The van der Waals surface area contributed by atoms with E-state index in [9.17, 15) is 38.7 Å². The molecule has 67 heavy (non-hydrogen) atoms. The first-order valence-electron chi connectivity index (χ1n) is 22.8. The summed E-state index contributed by atoms with van der Waals surface area (Å²) < 4.78 is 10.9. The Labute approximate surface area is 393 Å². The smallest absolute Gasteiger partial charge is 0.326 e. The van der Waals surface area contributed by atoms with Crippen LogP contribution in [-0.4, -0.2) is 125 Å². The predicted octanol–water partition coefficient (Wildman–Crippen LogP) is 4.81. The number of aromatic nitrogens is 1. The van der Waals surface area contributed by atoms with Crippen molar-refractivity contribution in [1.82, 2.24) is 30.7 Å². The van der Waals surface area contributed by atoms with Crippen molar-refractivity contribution in [3.05, 3.63) is 89.7 Å². The van der Waals surface area contributed by atoms with Crippen molar-refractivity contribution in [2.24, 2.45) is 5.92 Å². The fourth-order valence-electron chi connectivity index (χ4n) is 7.52. The number of nitrogens with zero attached hydrogens (tertiary/aromatic N) is 3. The van der Waals surface area contributed by atoms with E-state index in [1.54, 1.807) is 50.4 Å². The first-order chi connectivity index (χ1) is 31.8. The van der Waals surface area contributed by atoms with Gasteiger partial charge >= 0.3 is 18.0 Å². The number of likely N-dealkylation sites (tertiary alicyclic amines) is 1. The normalized spacial score (nSPS) is 15.0. The highest BCUT2D eigenvalue weighted by Gasteiger charge is 2.40. The molecule has 1 saturated heterocycles. The second-order valence-electron chi connectivity index (χ2n) is 18.0. The van der Waals surface area contributed by atoms with Gasteiger partial charge in [0.25, 0.3) is 0 Å². The van der Waals surface area contributed by atoms with Crippen molar-refractivity contribution in [2.75, 3.05) is 44.0 Å². The third kappa shape index (κ3) is 18.1. The van der Waals surface area contributed by atoms with E-state index in [0.717, 1.165) is 18.4 Å². The first kappa shape index (κ1) is 53.2. The Morgan fingerprint density at radius 2 is 1.57 bits per heavy atom. The number of amides is 6. The monoisotopic (exact) mass is 929 g/mol. The van der Waals surface area contributed by atoms with Crippen LogP contribution in [0.3, 0.4) is 0 Å². The summed E-state index contributed by atoms with van der Waals surface area (Å²) in [4.78, 5) is 101. The molecular weight excluding hydrogens is 861 g/mol. The molecule has 1 aliphatic heterocycles. The van der Waals surface area contributed by atoms with Crippen LogP contribution in [0.5, 0.6) is 0 Å². The molecule has 364 valence electrons. The lowest BCUT2D eigenvalue weighted by Crippen LogP contribution is -2.59. The lowest BCUT2D eigenvalue weighted by atomic mass is 10.0. The van der Waals surface area contributed by atoms with E-state index < -0.39 is 78.1 Å². The molecule has 0 spiro atoms. The molecule has 0 saturated carbocycles. The van der Waals surface area contributed by atoms with Gasteiger partial charge in [0, 0.05) is 37.2 Å². The number of carboxylic acid groups (broad SMARTS) is 1. The number of nitrogens with one attached hydrogen (secondary N) is 5. The minimum Gasteiger partial charge on any atom is -0.480 e. The number of anilines is 2. The average molecular weight is 929 g/mol. The van der Waals surface area contributed by atoms with Gasteiger partial charge in [0.2, 0.25) is 23.6 Å². The van der Waals surface area contributed by atoms with Crippen molar-refractivity contribution in [3.63, 3.8) is 0 Å². The van der Waals surface area contributed by atoms with E-state index in [1.165, 1.54) is 4.90 Å². The Bertz CT molecular complexity index is 2130. The molecule has 6 amide bonds. The van der Waals surface area contributed by atoms with Gasteiger partial charge in [0.1, 0.15) is 24.2 Å². The van der Waals surface area contributed by atoms with Gasteiger partial charge in [-0.25, -0.2) is 9.59 Å². The number of para-hydroxylation sites is 1. The summed E-state index contributed by atoms with van der Waals surface area (Å²) in [6.45, 7) is 13.7. The molecule has 3 aromatic rings. The highest BCUT2D eigenvalue weighted by Crippen LogP contribution is 2.21. The highest BCUT2D eigenvalue weighted by atomic mass is 16.5. The molecule has 0 radical (unpaired) electrons. The number of aryl methyl sites for hydroxylation is 1. The van der Waals surface area contributed by atoms with Crippen LogP contribution in [0.4, 0.5) is 16.2 Å². The van der Waals surface area contributed by atoms with Crippen LogP contribution in [0.1, 0.15) is 90.0 Å². The Morgan fingerprint density at radius 3 is 2.21 bits per heavy atom. The average Bonchev–Trinajstić information content (AvgIpc) is 3.78. The van der Waals surface area contributed by atoms with Crippen LogP contribution < -0.4 is 26.6 Å². The topological polar surface area (TPSA) is 238 Å². The number of carbonyl (C=O) groups excluding carboxylic acids is 6. The number of aliphatic carboxylic acids is 1. The lowest BCUT2D eigenvalue weighted by Gasteiger charge is -2.31. The summed E-state index contributed by atoms with van der Waals surface area (Å²) in [6, 6.07) is 14.5. The van der Waals surface area contributed by atoms with E-state index >= 15 is 0 Å². The largest absolute Gasteiger partial charge is 0.480 e. The maximum absolute atomic E-state index is 14.2. The molecule has 0 bridgehead atoms. The van der Waals surface area contributed by atoms with Crippen LogP contribution in [0.2, 0.25) is 0 Å². The Morgan fingerprint density at radius 1 is 0.866 bits per heavy atom. The third-order valence-corrected chi connectivity index (χ3v) is 11.2. The number of carbonyl (C=O) groups is 7. The quantitative estimate of drug-likeness (QED) is 0.0525. The zero-order valence-corrected chi connectivity index (χ0v) is 39.8. The van der Waals surface area contributed by atoms with Crippen LogP contribution >= 0.6 is 0 Å². The zero-order chi connectivity index (χ0) is 49.1. The Kier molecular flexibility index (Phi) is 20.7. The van der Waals surface area contributed by atoms with Crippen molar-refractivity contribution in [1.29, 1.82) is 0 Å². The second kappa shape index (κ2) is 26.1. The van der Waals surface area contributed by atoms with Gasteiger partial charge in [0.15, 0.2) is 0 Å². The summed E-state index contributed by atoms with van der Waals surface area (Å²) in [6.07, 6.45) is 3.04. The molecule has 18 nitrogen and oxygen atoms in total. The van der Waals surface area contributed by atoms with Gasteiger partial charge in [0.05, 0.1) is 37.9 Å². The number of hydrogen-bond donors (Lipinski definition) is 6. The van der Waals surface area contributed by atoms with Crippen LogP contribution in [0, 0.1) is 12.8 Å². The molecule has 18 heteroatoms. The number of unbranched alkanes of at least 4 members (excludes halogenated alkanes) is 1. The number of carboxylic acids is 1. The number of esters is 1. The number of urea groups is 1. The van der Waals surface area contributed by atoms with Crippen molar-refractivity contribution < 1.29 is 48.1 Å². The van der Waals surface area contributed by atoms with Crippen molar-refractivity contribution in [3.8, 4) is 0 Å². The highest BCUT2D eigenvalue weighted by molar-refractivity contribution is 6.00. The Hall–Kier alpha value is -6.40. The predicted molar refractivity (Wildman–Crippen MR) is 253 cm³/mol. The molecule has 4 atom stereocenters. The van der Waals surface area contributed by atoms with Gasteiger partial charge in [-0.15, -0.1) is 0 Å². The van der Waals surface area contributed by atoms with Crippen molar-refractivity contribution >= 4 is 53.0 Å². The number of ether oxygens (including phenoxy) is 2. The van der Waals surface area contributed by atoms with Gasteiger partial charge in [-0.05, 0) is 114 Å². The molecular formula is C49H68N8O10. The molecule has 1 aromatic heterocycles. The summed E-state index contributed by atoms with van der Waals surface area (Å²) in [5.74, 6) is -5.11. The van der Waals surface area contributed by atoms with Gasteiger partial charge in [-0.2, -0.15) is 0 Å². The number of rotatable bonds is 24. The molecule has 1 aliphatic rings. The van der Waals surface area contributed by atoms with Gasteiger partial charge < -0.3 is 46.1 Å². The summed E-state index contributed by atoms with van der Waals surface area (Å²) in [5, 5.41) is 23.4. The fourth-order valence-corrected chi connectivity index (χ4v) is 7.52. The number of pyridine rings is 1. The minimum atomic E-state index is -1.51. The van der Waals surface area contributed by atoms with E-state index in [0.29, 0.717) is 62.4 Å². The second-order valence-corrected chi connectivity index (χ2v) is 18.0. The van der Waals surface area contributed by atoms with Crippen LogP contribution in [0.25, 0.3) is 0 Å². The molecule has 0 aliphatic carbocycles. The molecule has 1 unspecified atom stereocenters. The maximum Gasteiger partial charge on any atom is 0.326 e. The third-order valence-electron chi connectivity index (χ3n) is 11.2. The molecule has 6 N–H and O–H groups in total. The van der Waals surface area contributed by atoms with E-state index in [4.69, 9.17) is 9.47 Å². The molecule has 2 aromatic carbocycles. The van der Waals surface area contributed by atoms with Crippen molar-refractivity contribution in [2.45, 2.75) is 123 Å². The number of hydrogen-bond acceptors (Lipinski definition) is 11. The number of methoxy groups -OCH3 is 1. The molecule has 1 fully saturated rings. The van der Waals surface area contributed by atoms with E-state index in [1.807, 2.05) is 64.1 Å². The van der Waals surface area contributed by atoms with E-state index in [-0.39, 0.29) is 31.4 Å². The summed E-state index contributed by atoms with van der Waals surface area (Å²) in [5.41, 5.74) is 3.22. The van der Waals surface area contributed by atoms with Gasteiger partial charge in [-0.1, -0.05) is 50.2 Å². The zero-order valence-electron chi connectivity index (χ0n) is 39.8. The minimum absolute atomic E-state index is 0.122. The molecule has 2 heterocycles. The fraction of sp³-hybridized carbons (Fsp3) is 0.510. The SMILES string of the molecule is COC(=O)C[C@H](NC(=O)[C@H](CCCCN(CCOC(C)(C)C)Cc1ccccn1)NC(=O)Cc1ccc(NC(=O)Nc2ccccc2C)cc1)C(=O)N[C@H](C(=O)N1CCCC1C(=O)O)C(C)C. The molecule has 4 rings (SSSR count). The standard InChI is InChI=1S/C49H68N8O10/c1-32(2)43(46(62)57-26-14-19-40(57)47(63)64)55-45(61)39(30-42(59)66-7)53-44(60)38(18-11-13-25-56(27-28-67-49(4,5)6)31-36-16-10-12-24-50-36)52-41(58)29-34-20-22-35(23-21-34)51-48(65)54-37-17-9-8-15-33(37)3/h8-10,12,15-17,20-24,32,38-40,43H,11,13-14,18-19,25-31H2,1-7H3,(H,52,58)(H,53,60)(H,55,61)(H,63,64)(H2,51,54,65)/t38-,39-,40?,43-/m0/s1. The summed E-state index contributed by atoms with van der Waals surface area (Å²) >= 11 is 0. The van der Waals surface area contributed by atoms with Crippen LogP contribution in [-0.2, 0) is 51.2 Å². The van der Waals surface area contributed by atoms with Crippen LogP contribution in [0.15, 0.2) is 72.9 Å². The Balaban J connectivity index is 1.49.